The van der Waals surface area contributed by atoms with E-state index in [1.54, 1.807) is 11.8 Å². The van der Waals surface area contributed by atoms with Gasteiger partial charge in [0.25, 0.3) is 5.79 Å². The van der Waals surface area contributed by atoms with E-state index >= 15 is 0 Å². The second-order valence-electron chi connectivity index (χ2n) is 6.81. The Morgan fingerprint density at radius 2 is 2.00 bits per heavy atom. The number of anilines is 1. The molecule has 1 aromatic carbocycles. The molecule has 1 aromatic heterocycles. The first-order chi connectivity index (χ1) is 12.8. The van der Waals surface area contributed by atoms with E-state index in [0.717, 1.165) is 23.1 Å². The Kier molecular flexibility index (Phi) is 4.18. The van der Waals surface area contributed by atoms with Crippen molar-refractivity contribution >= 4 is 29.4 Å². The van der Waals surface area contributed by atoms with Crippen LogP contribution in [0.5, 0.6) is 0 Å². The van der Waals surface area contributed by atoms with Crippen LogP contribution >= 0.6 is 11.8 Å². The van der Waals surface area contributed by atoms with Crippen LogP contribution in [-0.4, -0.2) is 37.7 Å². The average molecular weight is 386 g/mol. The minimum absolute atomic E-state index is 0.187. The van der Waals surface area contributed by atoms with Crippen LogP contribution in [0.1, 0.15) is 20.8 Å². The van der Waals surface area contributed by atoms with Crippen molar-refractivity contribution < 1.29 is 19.1 Å². The van der Waals surface area contributed by atoms with Gasteiger partial charge in [0.2, 0.25) is 0 Å². The number of carbonyl (C=O) groups excluding carboxylic acids is 2. The lowest BCUT2D eigenvalue weighted by Crippen LogP contribution is -2.42. The quantitative estimate of drug-likeness (QED) is 0.489. The summed E-state index contributed by atoms with van der Waals surface area (Å²) in [7, 11) is 0. The van der Waals surface area contributed by atoms with E-state index in [1.807, 2.05) is 24.3 Å². The molecule has 1 atom stereocenters. The highest BCUT2D eigenvalue weighted by molar-refractivity contribution is 7.99. The van der Waals surface area contributed by atoms with Gasteiger partial charge in [-0.15, -0.1) is 10.2 Å². The van der Waals surface area contributed by atoms with Crippen LogP contribution in [0, 0.1) is 0 Å². The molecular weight excluding hydrogens is 368 g/mol. The second kappa shape index (κ2) is 6.41. The predicted molar refractivity (Wildman–Crippen MR) is 98.7 cm³/mol. The Balaban J connectivity index is 1.56. The smallest absolute Gasteiger partial charge is 0.350 e. The molecule has 1 N–H and O–H groups in total. The van der Waals surface area contributed by atoms with Crippen LogP contribution in [0.3, 0.4) is 0 Å². The number of nitrogens with zero attached hydrogens (tertiary/aromatic N) is 3. The van der Waals surface area contributed by atoms with Gasteiger partial charge in [0.15, 0.2) is 16.6 Å². The van der Waals surface area contributed by atoms with Crippen LogP contribution in [0.4, 0.5) is 5.69 Å². The van der Waals surface area contributed by atoms with E-state index in [2.05, 4.69) is 27.0 Å². The highest BCUT2D eigenvalue weighted by atomic mass is 32.2. The van der Waals surface area contributed by atoms with Gasteiger partial charge in [-0.2, -0.15) is 0 Å². The van der Waals surface area contributed by atoms with Gasteiger partial charge in [0.1, 0.15) is 0 Å². The minimum Gasteiger partial charge on any atom is -0.419 e. The molecule has 0 bridgehead atoms. The number of esters is 2. The monoisotopic (exact) mass is 386 g/mol. The van der Waals surface area contributed by atoms with Gasteiger partial charge in [-0.1, -0.05) is 30.8 Å². The summed E-state index contributed by atoms with van der Waals surface area (Å²) in [4.78, 5) is 24.0. The lowest BCUT2D eigenvalue weighted by molar-refractivity contribution is -0.222. The first-order valence-electron chi connectivity index (χ1n) is 8.46. The second-order valence-corrected chi connectivity index (χ2v) is 8.21. The zero-order valence-corrected chi connectivity index (χ0v) is 15.9. The molecule has 140 valence electrons. The predicted octanol–water partition coefficient (Wildman–Crippen LogP) is 2.57. The summed E-state index contributed by atoms with van der Waals surface area (Å²) in [6.45, 7) is 6.02. The molecule has 2 aliphatic rings. The van der Waals surface area contributed by atoms with Gasteiger partial charge in [-0.25, -0.2) is 9.59 Å². The molecule has 1 unspecified atom stereocenters. The standard InChI is InChI=1S/C18H18N4O4S/c1-10-9-22-14(20-21-17(22)27-10)11-5-4-6-12(7-11)19-8-13-15(23)25-18(2,3)26-16(13)24/h4-8,10,19H,9H2,1-3H3. The first kappa shape index (κ1) is 17.6. The Morgan fingerprint density at radius 3 is 2.74 bits per heavy atom. The average Bonchev–Trinajstić information content (AvgIpc) is 3.12. The molecule has 0 radical (unpaired) electrons. The largest absolute Gasteiger partial charge is 0.419 e. The van der Waals surface area contributed by atoms with Crippen molar-refractivity contribution in [2.45, 2.75) is 43.5 Å². The van der Waals surface area contributed by atoms with Crippen molar-refractivity contribution in [3.05, 3.63) is 36.0 Å². The van der Waals surface area contributed by atoms with E-state index in [4.69, 9.17) is 9.47 Å². The summed E-state index contributed by atoms with van der Waals surface area (Å²) in [5.74, 6) is -1.91. The molecule has 1 saturated heterocycles. The summed E-state index contributed by atoms with van der Waals surface area (Å²) >= 11 is 1.70. The Hall–Kier alpha value is -2.81. The number of ether oxygens (including phenoxy) is 2. The van der Waals surface area contributed by atoms with Crippen molar-refractivity contribution in [3.63, 3.8) is 0 Å². The Morgan fingerprint density at radius 1 is 1.26 bits per heavy atom. The summed E-state index contributed by atoms with van der Waals surface area (Å²) < 4.78 is 12.2. The zero-order chi connectivity index (χ0) is 19.2. The SMILES string of the molecule is CC1Cn2c(nnc2-c2cccc(NC=C3C(=O)OC(C)(C)OC3=O)c2)S1. The maximum absolute atomic E-state index is 12.0. The number of carbonyl (C=O) groups is 2. The lowest BCUT2D eigenvalue weighted by Gasteiger charge is -2.29. The molecule has 1 fully saturated rings. The summed E-state index contributed by atoms with van der Waals surface area (Å²) in [5.41, 5.74) is 1.40. The van der Waals surface area contributed by atoms with E-state index in [-0.39, 0.29) is 5.57 Å². The highest BCUT2D eigenvalue weighted by Crippen LogP contribution is 2.34. The molecule has 0 saturated carbocycles. The zero-order valence-electron chi connectivity index (χ0n) is 15.1. The third-order valence-corrected chi connectivity index (χ3v) is 5.15. The number of cyclic esters (lactones) is 2. The maximum atomic E-state index is 12.0. The molecule has 0 aliphatic carbocycles. The van der Waals surface area contributed by atoms with Crippen LogP contribution < -0.4 is 5.32 Å². The van der Waals surface area contributed by atoms with Crippen LogP contribution in [0.25, 0.3) is 11.4 Å². The van der Waals surface area contributed by atoms with Crippen molar-refractivity contribution in [2.75, 3.05) is 5.32 Å². The van der Waals surface area contributed by atoms with Crippen LogP contribution in [0.15, 0.2) is 41.2 Å². The molecule has 3 heterocycles. The molecule has 9 heteroatoms. The highest BCUT2D eigenvalue weighted by Gasteiger charge is 2.38. The van der Waals surface area contributed by atoms with Gasteiger partial charge in [0, 0.05) is 43.1 Å². The fourth-order valence-corrected chi connectivity index (χ4v) is 3.87. The van der Waals surface area contributed by atoms with Crippen molar-refractivity contribution in [1.29, 1.82) is 0 Å². The number of hydrogen-bond acceptors (Lipinski definition) is 8. The van der Waals surface area contributed by atoms with Gasteiger partial charge < -0.3 is 19.4 Å². The number of rotatable bonds is 3. The molecule has 8 nitrogen and oxygen atoms in total. The number of aromatic nitrogens is 3. The molecule has 2 aliphatic heterocycles. The molecule has 27 heavy (non-hydrogen) atoms. The molecule has 4 rings (SSSR count). The lowest BCUT2D eigenvalue weighted by atomic mass is 10.2. The van der Waals surface area contributed by atoms with Crippen molar-refractivity contribution in [3.8, 4) is 11.4 Å². The third kappa shape index (κ3) is 3.42. The maximum Gasteiger partial charge on any atom is 0.350 e. The number of thioether (sulfide) groups is 1. The molecule has 0 amide bonds. The number of hydrogen-bond donors (Lipinski definition) is 1. The summed E-state index contributed by atoms with van der Waals surface area (Å²) in [6.07, 6.45) is 1.30. The van der Waals surface area contributed by atoms with Crippen molar-refractivity contribution in [2.24, 2.45) is 0 Å². The number of nitrogens with one attached hydrogen (secondary N) is 1. The Bertz CT molecular complexity index is 944. The van der Waals surface area contributed by atoms with Gasteiger partial charge in [0.05, 0.1) is 0 Å². The molecular formula is C18H18N4O4S. The number of fused-ring (bicyclic) bond motifs is 1. The summed E-state index contributed by atoms with van der Waals surface area (Å²) in [5, 5.41) is 12.8. The Labute approximate surface area is 159 Å². The third-order valence-electron chi connectivity index (χ3n) is 4.08. The van der Waals surface area contributed by atoms with E-state index < -0.39 is 17.7 Å². The van der Waals surface area contributed by atoms with Crippen molar-refractivity contribution in [1.82, 2.24) is 14.8 Å². The van der Waals surface area contributed by atoms with Gasteiger partial charge >= 0.3 is 11.9 Å². The fraction of sp³-hybridized carbons (Fsp3) is 0.333. The van der Waals surface area contributed by atoms with E-state index in [1.165, 1.54) is 20.0 Å². The number of benzene rings is 1. The molecule has 2 aromatic rings. The van der Waals surface area contributed by atoms with Gasteiger partial charge in [-0.05, 0) is 12.1 Å². The topological polar surface area (TPSA) is 95.3 Å². The van der Waals surface area contributed by atoms with Crippen LogP contribution in [0.2, 0.25) is 0 Å². The van der Waals surface area contributed by atoms with Gasteiger partial charge in [-0.3, -0.25) is 0 Å². The summed E-state index contributed by atoms with van der Waals surface area (Å²) in [6, 6.07) is 7.51. The minimum atomic E-state index is -1.26. The fourth-order valence-electron chi connectivity index (χ4n) is 2.91. The molecule has 0 spiro atoms. The first-order valence-corrected chi connectivity index (χ1v) is 9.34. The van der Waals surface area contributed by atoms with E-state index in [0.29, 0.717) is 10.9 Å². The van der Waals surface area contributed by atoms with Crippen LogP contribution in [-0.2, 0) is 25.6 Å². The normalized spacial score (nSPS) is 20.7. The van der Waals surface area contributed by atoms with E-state index in [9.17, 15) is 9.59 Å².